The summed E-state index contributed by atoms with van der Waals surface area (Å²) >= 11 is 0. The molecule has 0 heterocycles. The van der Waals surface area contributed by atoms with E-state index in [2.05, 4.69) is 0 Å². The number of nitrogens with zero attached hydrogens (tertiary/aromatic N) is 1. The molecule has 7 nitrogen and oxygen atoms in total. The van der Waals surface area contributed by atoms with Gasteiger partial charge in [-0.25, -0.2) is 0 Å². The highest BCUT2D eigenvalue weighted by Gasteiger charge is 2.20. The minimum absolute atomic E-state index is 0.133. The maximum atomic E-state index is 11.1. The normalized spacial score (nSPS) is 11.7. The third-order valence-electron chi connectivity index (χ3n) is 3.40. The van der Waals surface area contributed by atoms with Crippen molar-refractivity contribution >= 4 is 5.69 Å². The van der Waals surface area contributed by atoms with Gasteiger partial charge in [0.05, 0.1) is 26.3 Å². The number of nitro benzene ring substituents is 1. The highest BCUT2D eigenvalue weighted by Crippen LogP contribution is 2.34. The highest BCUT2D eigenvalue weighted by atomic mass is 16.6. The van der Waals surface area contributed by atoms with Gasteiger partial charge in [-0.3, -0.25) is 10.1 Å². The lowest BCUT2D eigenvalue weighted by atomic mass is 10.00. The summed E-state index contributed by atoms with van der Waals surface area (Å²) in [5.41, 5.74) is 0.660. The van der Waals surface area contributed by atoms with Crippen LogP contribution in [0, 0.1) is 10.1 Å². The molecular formula is C16H17NO6. The number of hydrogen-bond donors (Lipinski definition) is 1. The second-order valence-electron chi connectivity index (χ2n) is 4.74. The smallest absolute Gasteiger partial charge is 0.311 e. The maximum absolute atomic E-state index is 11.1. The van der Waals surface area contributed by atoms with E-state index in [1.807, 2.05) is 0 Å². The zero-order valence-corrected chi connectivity index (χ0v) is 13.0. The second-order valence-corrected chi connectivity index (χ2v) is 4.74. The fourth-order valence-electron chi connectivity index (χ4n) is 2.20. The Morgan fingerprint density at radius 2 is 1.57 bits per heavy atom. The molecule has 2 aromatic rings. The number of aliphatic hydroxyl groups excluding tert-OH is 1. The summed E-state index contributed by atoms with van der Waals surface area (Å²) in [5, 5.41) is 21.6. The molecule has 0 saturated heterocycles. The monoisotopic (exact) mass is 319 g/mol. The first-order valence-electron chi connectivity index (χ1n) is 6.73. The first-order chi connectivity index (χ1) is 11.0. The van der Waals surface area contributed by atoms with E-state index in [0.717, 1.165) is 0 Å². The van der Waals surface area contributed by atoms with E-state index < -0.39 is 11.0 Å². The van der Waals surface area contributed by atoms with Crippen LogP contribution in [0.15, 0.2) is 36.4 Å². The predicted octanol–water partition coefficient (Wildman–Crippen LogP) is 2.70. The average Bonchev–Trinajstić information content (AvgIpc) is 2.59. The van der Waals surface area contributed by atoms with Crippen molar-refractivity contribution in [3.63, 3.8) is 0 Å². The molecule has 1 N–H and O–H groups in total. The number of benzene rings is 2. The van der Waals surface area contributed by atoms with Crippen LogP contribution in [0.2, 0.25) is 0 Å². The summed E-state index contributed by atoms with van der Waals surface area (Å²) in [4.78, 5) is 10.5. The van der Waals surface area contributed by atoms with Crippen LogP contribution in [-0.4, -0.2) is 31.4 Å². The Balaban J connectivity index is 2.46. The van der Waals surface area contributed by atoms with Gasteiger partial charge in [-0.15, -0.1) is 0 Å². The van der Waals surface area contributed by atoms with Gasteiger partial charge in [0.2, 0.25) is 0 Å². The van der Waals surface area contributed by atoms with Crippen molar-refractivity contribution in [2.75, 3.05) is 21.3 Å². The summed E-state index contributed by atoms with van der Waals surface area (Å²) in [6.07, 6.45) is -1.07. The van der Waals surface area contributed by atoms with Crippen LogP contribution in [0.5, 0.6) is 17.2 Å². The van der Waals surface area contributed by atoms with E-state index in [1.54, 1.807) is 24.3 Å². The van der Waals surface area contributed by atoms with E-state index in [9.17, 15) is 15.2 Å². The van der Waals surface area contributed by atoms with Gasteiger partial charge in [0.25, 0.3) is 0 Å². The Hall–Kier alpha value is -2.80. The number of nitro groups is 1. The van der Waals surface area contributed by atoms with Crippen LogP contribution in [0.3, 0.4) is 0 Å². The third-order valence-corrected chi connectivity index (χ3v) is 3.40. The molecule has 7 heteroatoms. The van der Waals surface area contributed by atoms with Gasteiger partial charge in [0.15, 0.2) is 5.75 Å². The molecule has 0 spiro atoms. The van der Waals surface area contributed by atoms with Crippen LogP contribution < -0.4 is 14.2 Å². The number of ether oxygens (including phenoxy) is 3. The zero-order chi connectivity index (χ0) is 17.0. The van der Waals surface area contributed by atoms with Crippen molar-refractivity contribution in [2.45, 2.75) is 6.10 Å². The molecule has 1 atom stereocenters. The summed E-state index contributed by atoms with van der Waals surface area (Å²) in [7, 11) is 4.36. The van der Waals surface area contributed by atoms with E-state index in [-0.39, 0.29) is 11.4 Å². The molecule has 122 valence electrons. The molecule has 0 aliphatic rings. The number of rotatable bonds is 6. The van der Waals surface area contributed by atoms with Crippen LogP contribution in [0.4, 0.5) is 5.69 Å². The lowest BCUT2D eigenvalue weighted by Gasteiger charge is -2.15. The summed E-state index contributed by atoms with van der Waals surface area (Å²) in [6.45, 7) is 0. The topological polar surface area (TPSA) is 91.1 Å². The highest BCUT2D eigenvalue weighted by molar-refractivity contribution is 5.51. The number of hydrogen-bond acceptors (Lipinski definition) is 6. The van der Waals surface area contributed by atoms with Crippen molar-refractivity contribution in [1.29, 1.82) is 0 Å². The molecule has 2 aromatic carbocycles. The first-order valence-corrected chi connectivity index (χ1v) is 6.73. The second kappa shape index (κ2) is 6.97. The zero-order valence-electron chi connectivity index (χ0n) is 13.0. The molecule has 1 unspecified atom stereocenters. The number of methoxy groups -OCH3 is 3. The van der Waals surface area contributed by atoms with Gasteiger partial charge in [0.1, 0.15) is 17.6 Å². The van der Waals surface area contributed by atoms with Gasteiger partial charge in [-0.05, 0) is 29.3 Å². The average molecular weight is 319 g/mol. The van der Waals surface area contributed by atoms with Crippen molar-refractivity contribution in [3.05, 3.63) is 57.6 Å². The van der Waals surface area contributed by atoms with Crippen molar-refractivity contribution in [1.82, 2.24) is 0 Å². The fraction of sp³-hybridized carbons (Fsp3) is 0.250. The van der Waals surface area contributed by atoms with Crippen LogP contribution in [0.25, 0.3) is 0 Å². The lowest BCUT2D eigenvalue weighted by molar-refractivity contribution is -0.385. The van der Waals surface area contributed by atoms with E-state index in [1.165, 1.54) is 33.5 Å². The van der Waals surface area contributed by atoms with Crippen LogP contribution in [0.1, 0.15) is 17.2 Å². The van der Waals surface area contributed by atoms with Crippen molar-refractivity contribution in [2.24, 2.45) is 0 Å². The van der Waals surface area contributed by atoms with Crippen molar-refractivity contribution in [3.8, 4) is 17.2 Å². The molecule has 0 bridgehead atoms. The molecule has 0 saturated carbocycles. The molecular weight excluding hydrogens is 302 g/mol. The van der Waals surface area contributed by atoms with Gasteiger partial charge in [-0.2, -0.15) is 0 Å². The predicted molar refractivity (Wildman–Crippen MR) is 83.3 cm³/mol. The Morgan fingerprint density at radius 1 is 0.957 bits per heavy atom. The fourth-order valence-corrected chi connectivity index (χ4v) is 2.20. The van der Waals surface area contributed by atoms with Crippen molar-refractivity contribution < 1.29 is 24.2 Å². The minimum Gasteiger partial charge on any atom is -0.497 e. The van der Waals surface area contributed by atoms with E-state index in [0.29, 0.717) is 22.6 Å². The Bertz CT molecular complexity index is 693. The van der Waals surface area contributed by atoms with Gasteiger partial charge in [-0.1, -0.05) is 6.07 Å². The molecule has 23 heavy (non-hydrogen) atoms. The molecule has 0 amide bonds. The van der Waals surface area contributed by atoms with E-state index in [4.69, 9.17) is 14.2 Å². The van der Waals surface area contributed by atoms with Crippen LogP contribution >= 0.6 is 0 Å². The Kier molecular flexibility index (Phi) is 5.02. The standard InChI is InChI=1S/C16H17NO6/c1-21-12-6-11(7-13(9-12)22-2)16(18)10-4-5-15(23-3)14(8-10)17(19)20/h4-9,16,18H,1-3H3. The number of aliphatic hydroxyl groups is 1. The minimum atomic E-state index is -1.07. The molecule has 0 aliphatic heterocycles. The SMILES string of the molecule is COc1cc(OC)cc(C(O)c2ccc(OC)c([N+](=O)[O-])c2)c1. The molecule has 2 rings (SSSR count). The van der Waals surface area contributed by atoms with Gasteiger partial charge < -0.3 is 19.3 Å². The Morgan fingerprint density at radius 3 is 2.04 bits per heavy atom. The van der Waals surface area contributed by atoms with Gasteiger partial charge in [0, 0.05) is 12.1 Å². The first kappa shape index (κ1) is 16.6. The quantitative estimate of drug-likeness (QED) is 0.650. The van der Waals surface area contributed by atoms with Gasteiger partial charge >= 0.3 is 5.69 Å². The molecule has 0 fully saturated rings. The summed E-state index contributed by atoms with van der Waals surface area (Å²) in [5.74, 6) is 1.16. The maximum Gasteiger partial charge on any atom is 0.311 e. The molecule has 0 aromatic heterocycles. The Labute approximate surface area is 133 Å². The summed E-state index contributed by atoms with van der Waals surface area (Å²) in [6, 6.07) is 9.27. The third kappa shape index (κ3) is 3.51. The largest absolute Gasteiger partial charge is 0.497 e. The lowest BCUT2D eigenvalue weighted by Crippen LogP contribution is -2.03. The molecule has 0 radical (unpaired) electrons. The van der Waals surface area contributed by atoms with E-state index >= 15 is 0 Å². The molecule has 0 aliphatic carbocycles. The van der Waals surface area contributed by atoms with Crippen LogP contribution in [-0.2, 0) is 0 Å². The summed E-state index contributed by atoms with van der Waals surface area (Å²) < 4.78 is 15.3.